The number of hydrogen-bond donors (Lipinski definition) is 0. The molecule has 0 fully saturated rings. The van der Waals surface area contributed by atoms with Crippen LogP contribution in [0.4, 0.5) is 0 Å². The third-order valence-electron chi connectivity index (χ3n) is 2.18. The maximum atomic E-state index is 6.31. The second-order valence-corrected chi connectivity index (χ2v) is 14.5. The third kappa shape index (κ3) is 7.59. The Balaban J connectivity index is 3.08. The molecule has 0 N–H and O–H groups in total. The van der Waals surface area contributed by atoms with E-state index in [1.54, 1.807) is 0 Å². The van der Waals surface area contributed by atoms with Crippen LogP contribution < -0.4 is 3.32 Å². The van der Waals surface area contributed by atoms with Crippen molar-refractivity contribution in [2.45, 2.75) is 59.5 Å². The van der Waals surface area contributed by atoms with Gasteiger partial charge in [0, 0.05) is 0 Å². The summed E-state index contributed by atoms with van der Waals surface area (Å²) in [4.78, 5) is 0. The molecule has 0 heterocycles. The number of benzene rings is 1. The minimum absolute atomic E-state index is 0.0104. The van der Waals surface area contributed by atoms with Crippen LogP contribution in [0.15, 0.2) is 30.3 Å². The van der Waals surface area contributed by atoms with Gasteiger partial charge in [-0.25, -0.2) is 0 Å². The molecule has 0 unspecified atom stereocenters. The van der Waals surface area contributed by atoms with Crippen LogP contribution >= 0.6 is 0 Å². The quantitative estimate of drug-likeness (QED) is 0.645. The summed E-state index contributed by atoms with van der Waals surface area (Å²) in [6, 6.07) is 9.62. The van der Waals surface area contributed by atoms with E-state index < -0.39 is 26.5 Å². The molecule has 21 heavy (non-hydrogen) atoms. The Hall–Kier alpha value is -0.169. The van der Waals surface area contributed by atoms with E-state index in [1.165, 1.54) is 0 Å². The van der Waals surface area contributed by atoms with Gasteiger partial charge in [0.25, 0.3) is 0 Å². The number of para-hydroxylation sites is 1. The standard InChI is InChI=1S/C6H6O.C3H9OSi.2C3H7O.Ti/c7-6-4-2-1-3-5-6;1-5(2,3)4;2*1-3(2)4;/h1-5,7H;1-3H3;2*3H,1-2H3;/q;3*-1;+4/p-1. The Morgan fingerprint density at radius 3 is 1.71 bits per heavy atom. The van der Waals surface area contributed by atoms with Gasteiger partial charge >= 0.3 is 135 Å². The van der Waals surface area contributed by atoms with Gasteiger partial charge in [-0.15, -0.1) is 0 Å². The van der Waals surface area contributed by atoms with Gasteiger partial charge in [0.1, 0.15) is 0 Å². The molecule has 1 aromatic rings. The van der Waals surface area contributed by atoms with Crippen LogP contribution in [0.1, 0.15) is 27.7 Å². The number of hydrogen-bond acceptors (Lipinski definition) is 4. The third-order valence-corrected chi connectivity index (χ3v) is 10.2. The van der Waals surface area contributed by atoms with Gasteiger partial charge in [-0.05, 0) is 0 Å². The van der Waals surface area contributed by atoms with Crippen LogP contribution in [0.25, 0.3) is 0 Å². The molecular weight excluding hydrogens is 320 g/mol. The number of rotatable bonds is 8. The van der Waals surface area contributed by atoms with Crippen molar-refractivity contribution in [2.75, 3.05) is 0 Å². The summed E-state index contributed by atoms with van der Waals surface area (Å²) in [5.74, 6) is 0.733. The molecule has 0 atom stereocenters. The van der Waals surface area contributed by atoms with Gasteiger partial charge in [-0.3, -0.25) is 0 Å². The second kappa shape index (κ2) is 7.90. The topological polar surface area (TPSA) is 36.9 Å². The average molecular weight is 348 g/mol. The Kier molecular flexibility index (Phi) is 7.10. The van der Waals surface area contributed by atoms with Crippen LogP contribution in [0.3, 0.4) is 0 Å². The van der Waals surface area contributed by atoms with Crippen molar-refractivity contribution in [2.24, 2.45) is 0 Å². The van der Waals surface area contributed by atoms with Gasteiger partial charge in [-0.1, -0.05) is 0 Å². The van der Waals surface area contributed by atoms with E-state index in [9.17, 15) is 0 Å². The predicted octanol–water partition coefficient (Wildman–Crippen LogP) is 4.58. The van der Waals surface area contributed by atoms with Gasteiger partial charge in [0.15, 0.2) is 0 Å². The van der Waals surface area contributed by atoms with Crippen LogP contribution in [-0.2, 0) is 27.8 Å². The van der Waals surface area contributed by atoms with Gasteiger partial charge in [-0.2, -0.15) is 0 Å². The zero-order valence-corrected chi connectivity index (χ0v) is 16.7. The van der Waals surface area contributed by atoms with Crippen molar-refractivity contribution in [1.29, 1.82) is 0 Å². The van der Waals surface area contributed by atoms with Gasteiger partial charge in [0.05, 0.1) is 0 Å². The Morgan fingerprint density at radius 1 is 0.857 bits per heavy atom. The van der Waals surface area contributed by atoms with E-state index in [-0.39, 0.29) is 12.2 Å². The Labute approximate surface area is 135 Å². The molecule has 120 valence electrons. The molecule has 0 radical (unpaired) electrons. The second-order valence-electron chi connectivity index (χ2n) is 6.46. The fourth-order valence-electron chi connectivity index (χ4n) is 1.73. The zero-order chi connectivity index (χ0) is 16.1. The van der Waals surface area contributed by atoms with Crippen molar-refractivity contribution in [1.82, 2.24) is 0 Å². The van der Waals surface area contributed by atoms with Crippen molar-refractivity contribution < 1.29 is 31.1 Å². The molecule has 0 aliphatic carbocycles. The molecule has 0 spiro atoms. The Bertz CT molecular complexity index is 407. The molecule has 1 rings (SSSR count). The van der Waals surface area contributed by atoms with Crippen molar-refractivity contribution >= 4 is 8.32 Å². The molecule has 0 aromatic heterocycles. The van der Waals surface area contributed by atoms with E-state index in [0.717, 1.165) is 5.75 Å². The first-order valence-electron chi connectivity index (χ1n) is 7.42. The Morgan fingerprint density at radius 2 is 1.33 bits per heavy atom. The van der Waals surface area contributed by atoms with E-state index in [0.29, 0.717) is 0 Å². The predicted molar refractivity (Wildman–Crippen MR) is 83.9 cm³/mol. The fourth-order valence-corrected chi connectivity index (χ4v) is 9.48. The molecule has 0 aliphatic heterocycles. The first-order chi connectivity index (χ1) is 9.62. The minimum atomic E-state index is -3.84. The summed E-state index contributed by atoms with van der Waals surface area (Å²) < 4.78 is 24.6. The van der Waals surface area contributed by atoms with E-state index in [4.69, 9.17) is 13.0 Å². The van der Waals surface area contributed by atoms with Gasteiger partial charge < -0.3 is 0 Å². The SMILES string of the molecule is CC(C)[O][Ti]([O]c1ccccc1)([O]C(C)C)[O][Si](C)(C)C. The summed E-state index contributed by atoms with van der Waals surface area (Å²) >= 11 is -3.84. The summed E-state index contributed by atoms with van der Waals surface area (Å²) in [6.07, 6.45) is -0.0207. The van der Waals surface area contributed by atoms with Crippen LogP contribution in [0.5, 0.6) is 5.75 Å². The van der Waals surface area contributed by atoms with Crippen LogP contribution in [0, 0.1) is 0 Å². The molecule has 0 amide bonds. The van der Waals surface area contributed by atoms with Crippen molar-refractivity contribution in [3.8, 4) is 5.75 Å². The molecule has 6 heteroatoms. The van der Waals surface area contributed by atoms with Crippen LogP contribution in [0.2, 0.25) is 19.6 Å². The molecule has 0 bridgehead atoms. The fraction of sp³-hybridized carbons (Fsp3) is 0.600. The molecule has 1 aromatic carbocycles. The first kappa shape index (κ1) is 18.9. The van der Waals surface area contributed by atoms with E-state index in [1.807, 2.05) is 58.0 Å². The van der Waals surface area contributed by atoms with Crippen molar-refractivity contribution in [3.05, 3.63) is 30.3 Å². The van der Waals surface area contributed by atoms with E-state index in [2.05, 4.69) is 19.6 Å². The molecule has 4 nitrogen and oxygen atoms in total. The molecular formula is C15H28O4SiTi. The summed E-state index contributed by atoms with van der Waals surface area (Å²) in [6.45, 7) is 14.3. The normalized spacial score (nSPS) is 13.0. The summed E-state index contributed by atoms with van der Waals surface area (Å²) in [5, 5.41) is 0. The average Bonchev–Trinajstić information content (AvgIpc) is 2.24. The monoisotopic (exact) mass is 348 g/mol. The summed E-state index contributed by atoms with van der Waals surface area (Å²) in [5.41, 5.74) is 0. The molecule has 0 aliphatic rings. The van der Waals surface area contributed by atoms with E-state index >= 15 is 0 Å². The molecule has 0 saturated carbocycles. The molecule has 0 saturated heterocycles. The van der Waals surface area contributed by atoms with Crippen LogP contribution in [-0.4, -0.2) is 20.5 Å². The maximum absolute atomic E-state index is 6.31. The van der Waals surface area contributed by atoms with Gasteiger partial charge in [0.2, 0.25) is 0 Å². The van der Waals surface area contributed by atoms with Crippen molar-refractivity contribution in [3.63, 3.8) is 0 Å². The summed E-state index contributed by atoms with van der Waals surface area (Å²) in [7, 11) is -1.87. The first-order valence-corrected chi connectivity index (χ1v) is 13.4. The zero-order valence-electron chi connectivity index (χ0n) is 14.2.